The van der Waals surface area contributed by atoms with Crippen LogP contribution in [0.15, 0.2) is 15.0 Å². The second-order valence-electron chi connectivity index (χ2n) is 5.57. The number of rotatable bonds is 4. The molecular formula is C13H18N6OS. The van der Waals surface area contributed by atoms with Gasteiger partial charge in [-0.15, -0.1) is 5.10 Å². The number of aromatic nitrogens is 5. The van der Waals surface area contributed by atoms with Gasteiger partial charge in [-0.2, -0.15) is 0 Å². The maximum absolute atomic E-state index is 11.8. The number of nitrogens with one attached hydrogen (secondary N) is 1. The van der Waals surface area contributed by atoms with E-state index in [-0.39, 0.29) is 17.6 Å². The normalized spacial score (nSPS) is 14.9. The number of nitrogens with two attached hydrogens (primary N) is 1. The van der Waals surface area contributed by atoms with Crippen molar-refractivity contribution in [1.82, 2.24) is 24.7 Å². The topological polar surface area (TPSA) is 102 Å². The molecular weight excluding hydrogens is 288 g/mol. The van der Waals surface area contributed by atoms with Crippen molar-refractivity contribution in [1.29, 1.82) is 0 Å². The SMILES string of the molecule is Cc1c(N)nc(C(C)C)nc1Sc1n[nH]c(=O)n1C1CC1. The smallest absolute Gasteiger partial charge is 0.344 e. The fraction of sp³-hybridized carbons (Fsp3) is 0.538. The Morgan fingerprint density at radius 1 is 1.38 bits per heavy atom. The summed E-state index contributed by atoms with van der Waals surface area (Å²) in [6, 6.07) is 0.266. The second-order valence-corrected chi connectivity index (χ2v) is 6.52. The number of aromatic amines is 1. The second kappa shape index (κ2) is 5.18. The fourth-order valence-electron chi connectivity index (χ4n) is 1.99. The van der Waals surface area contributed by atoms with E-state index < -0.39 is 0 Å². The third kappa shape index (κ3) is 2.67. The van der Waals surface area contributed by atoms with Crippen LogP contribution >= 0.6 is 11.8 Å². The van der Waals surface area contributed by atoms with Crippen molar-refractivity contribution in [2.45, 2.75) is 55.8 Å². The largest absolute Gasteiger partial charge is 0.383 e. The summed E-state index contributed by atoms with van der Waals surface area (Å²) in [5.74, 6) is 1.38. The van der Waals surface area contributed by atoms with Gasteiger partial charge in [0, 0.05) is 17.5 Å². The van der Waals surface area contributed by atoms with Gasteiger partial charge in [-0.3, -0.25) is 4.57 Å². The van der Waals surface area contributed by atoms with Crippen molar-refractivity contribution in [3.63, 3.8) is 0 Å². The molecule has 3 N–H and O–H groups in total. The fourth-order valence-corrected chi connectivity index (χ4v) is 2.98. The molecule has 0 unspecified atom stereocenters. The zero-order valence-corrected chi connectivity index (χ0v) is 13.1. The Morgan fingerprint density at radius 3 is 2.71 bits per heavy atom. The zero-order valence-electron chi connectivity index (χ0n) is 12.3. The maximum atomic E-state index is 11.8. The predicted octanol–water partition coefficient (Wildman–Crippen LogP) is 1.86. The van der Waals surface area contributed by atoms with Crippen molar-refractivity contribution in [3.8, 4) is 0 Å². The average molecular weight is 306 g/mol. The van der Waals surface area contributed by atoms with Gasteiger partial charge in [0.1, 0.15) is 16.7 Å². The molecule has 1 aliphatic carbocycles. The number of anilines is 1. The Kier molecular flexibility index (Phi) is 3.48. The van der Waals surface area contributed by atoms with E-state index in [1.165, 1.54) is 11.8 Å². The summed E-state index contributed by atoms with van der Waals surface area (Å²) in [7, 11) is 0. The summed E-state index contributed by atoms with van der Waals surface area (Å²) in [4.78, 5) is 20.7. The molecule has 21 heavy (non-hydrogen) atoms. The van der Waals surface area contributed by atoms with Crippen LogP contribution in [0.1, 0.15) is 50.0 Å². The molecule has 0 spiro atoms. The number of nitrogen functional groups attached to an aromatic ring is 1. The molecule has 0 aliphatic heterocycles. The van der Waals surface area contributed by atoms with Crippen molar-refractivity contribution in [2.75, 3.05) is 5.73 Å². The highest BCUT2D eigenvalue weighted by Gasteiger charge is 2.29. The molecule has 0 aromatic carbocycles. The van der Waals surface area contributed by atoms with E-state index in [1.54, 1.807) is 4.57 Å². The lowest BCUT2D eigenvalue weighted by atomic mass is 10.2. The Morgan fingerprint density at radius 2 is 2.10 bits per heavy atom. The number of hydrogen-bond acceptors (Lipinski definition) is 6. The van der Waals surface area contributed by atoms with Gasteiger partial charge in [-0.1, -0.05) is 13.8 Å². The third-order valence-electron chi connectivity index (χ3n) is 3.44. The van der Waals surface area contributed by atoms with Gasteiger partial charge in [-0.05, 0) is 31.5 Å². The quantitative estimate of drug-likeness (QED) is 0.836. The van der Waals surface area contributed by atoms with Crippen LogP contribution in [-0.4, -0.2) is 24.7 Å². The molecule has 2 heterocycles. The predicted molar refractivity (Wildman–Crippen MR) is 80.5 cm³/mol. The summed E-state index contributed by atoms with van der Waals surface area (Å²) < 4.78 is 1.71. The first-order valence-electron chi connectivity index (χ1n) is 6.96. The Labute approximate surface area is 126 Å². The first kappa shape index (κ1) is 14.1. The van der Waals surface area contributed by atoms with Crippen molar-refractivity contribution < 1.29 is 0 Å². The molecule has 2 aromatic heterocycles. The Balaban J connectivity index is 2.00. The summed E-state index contributed by atoms with van der Waals surface area (Å²) in [6.07, 6.45) is 2.05. The van der Waals surface area contributed by atoms with Crippen LogP contribution in [0, 0.1) is 6.92 Å². The maximum Gasteiger partial charge on any atom is 0.344 e. The van der Waals surface area contributed by atoms with Crippen LogP contribution in [0.4, 0.5) is 5.82 Å². The van der Waals surface area contributed by atoms with Gasteiger partial charge < -0.3 is 5.73 Å². The molecule has 1 saturated carbocycles. The van der Waals surface area contributed by atoms with Gasteiger partial charge in [-0.25, -0.2) is 19.9 Å². The Hall–Kier alpha value is -1.83. The first-order chi connectivity index (χ1) is 9.97. The molecule has 0 atom stereocenters. The van der Waals surface area contributed by atoms with E-state index in [4.69, 9.17) is 5.73 Å². The molecule has 0 radical (unpaired) electrons. The van der Waals surface area contributed by atoms with Gasteiger partial charge >= 0.3 is 5.69 Å². The minimum atomic E-state index is -0.163. The van der Waals surface area contributed by atoms with Gasteiger partial charge in [0.2, 0.25) is 0 Å². The monoisotopic (exact) mass is 306 g/mol. The summed E-state index contributed by atoms with van der Waals surface area (Å²) in [5, 5.41) is 8.01. The molecule has 1 aliphatic rings. The lowest BCUT2D eigenvalue weighted by molar-refractivity contribution is 0.641. The molecule has 2 aromatic rings. The number of nitrogens with zero attached hydrogens (tertiary/aromatic N) is 4. The third-order valence-corrected chi connectivity index (χ3v) is 4.51. The van der Waals surface area contributed by atoms with Crippen LogP contribution in [0.25, 0.3) is 0 Å². The van der Waals surface area contributed by atoms with E-state index >= 15 is 0 Å². The summed E-state index contributed by atoms with van der Waals surface area (Å²) in [5.41, 5.74) is 6.63. The van der Waals surface area contributed by atoms with Gasteiger partial charge in [0.15, 0.2) is 5.16 Å². The molecule has 0 saturated heterocycles. The highest BCUT2D eigenvalue weighted by atomic mass is 32.2. The van der Waals surface area contributed by atoms with Crippen LogP contribution in [0.2, 0.25) is 0 Å². The van der Waals surface area contributed by atoms with E-state index in [0.717, 1.165) is 23.4 Å². The van der Waals surface area contributed by atoms with Crippen LogP contribution in [0.5, 0.6) is 0 Å². The molecule has 3 rings (SSSR count). The lowest BCUT2D eigenvalue weighted by Crippen LogP contribution is -2.16. The lowest BCUT2D eigenvalue weighted by Gasteiger charge is -2.11. The van der Waals surface area contributed by atoms with Gasteiger partial charge in [0.05, 0.1) is 0 Å². The first-order valence-corrected chi connectivity index (χ1v) is 7.77. The molecule has 1 fully saturated rings. The number of H-pyrrole nitrogens is 1. The highest BCUT2D eigenvalue weighted by Crippen LogP contribution is 2.38. The minimum Gasteiger partial charge on any atom is -0.383 e. The van der Waals surface area contributed by atoms with E-state index in [9.17, 15) is 4.79 Å². The number of hydrogen-bond donors (Lipinski definition) is 2. The minimum absolute atomic E-state index is 0.163. The van der Waals surface area contributed by atoms with E-state index in [0.29, 0.717) is 16.8 Å². The molecule has 8 heteroatoms. The van der Waals surface area contributed by atoms with Crippen LogP contribution < -0.4 is 11.4 Å². The summed E-state index contributed by atoms with van der Waals surface area (Å²) in [6.45, 7) is 5.93. The molecule has 0 bridgehead atoms. The highest BCUT2D eigenvalue weighted by molar-refractivity contribution is 7.99. The van der Waals surface area contributed by atoms with Crippen molar-refractivity contribution in [3.05, 3.63) is 21.9 Å². The van der Waals surface area contributed by atoms with Crippen LogP contribution in [-0.2, 0) is 0 Å². The average Bonchev–Trinajstić information content (AvgIpc) is 3.19. The molecule has 7 nitrogen and oxygen atoms in total. The van der Waals surface area contributed by atoms with E-state index in [1.807, 2.05) is 20.8 Å². The van der Waals surface area contributed by atoms with Crippen LogP contribution in [0.3, 0.4) is 0 Å². The molecule has 0 amide bonds. The zero-order chi connectivity index (χ0) is 15.1. The van der Waals surface area contributed by atoms with Gasteiger partial charge in [0.25, 0.3) is 0 Å². The molecule has 112 valence electrons. The van der Waals surface area contributed by atoms with Crippen molar-refractivity contribution in [2.24, 2.45) is 0 Å². The summed E-state index contributed by atoms with van der Waals surface area (Å²) >= 11 is 1.37. The Bertz CT molecular complexity index is 731. The van der Waals surface area contributed by atoms with E-state index in [2.05, 4.69) is 20.2 Å². The van der Waals surface area contributed by atoms with Crippen molar-refractivity contribution >= 4 is 17.6 Å². The standard InChI is InChI=1S/C13H18N6OS/c1-6(2)10-15-9(14)7(3)11(16-10)21-13-18-17-12(20)19(13)8-4-5-8/h6,8H,4-5H2,1-3H3,(H,17,20)(H2,14,15,16).